The van der Waals surface area contributed by atoms with Gasteiger partial charge in [-0.2, -0.15) is 0 Å². The van der Waals surface area contributed by atoms with Crippen molar-refractivity contribution in [2.45, 2.75) is 39.9 Å². The molecule has 1 amide bonds. The van der Waals surface area contributed by atoms with Gasteiger partial charge in [0.15, 0.2) is 5.76 Å². The highest BCUT2D eigenvalue weighted by Gasteiger charge is 2.38. The van der Waals surface area contributed by atoms with E-state index in [1.165, 1.54) is 0 Å². The van der Waals surface area contributed by atoms with Crippen molar-refractivity contribution in [1.29, 1.82) is 0 Å². The molecule has 2 N–H and O–H groups in total. The molecule has 138 valence electrons. The van der Waals surface area contributed by atoms with Gasteiger partial charge in [0.1, 0.15) is 0 Å². The maximum Gasteiger partial charge on any atom is 0.290 e. The summed E-state index contributed by atoms with van der Waals surface area (Å²) in [6, 6.07) is 9.32. The molecule has 0 unspecified atom stereocenters. The number of hydrogen-bond acceptors (Lipinski definition) is 4. The maximum atomic E-state index is 12.6. The minimum atomic E-state index is -0.467. The smallest absolute Gasteiger partial charge is 0.290 e. The number of ether oxygens (including phenoxy) is 2. The van der Waals surface area contributed by atoms with Gasteiger partial charge in [0.25, 0.3) is 5.91 Å². The molecular formula is C20H29NO4. The fourth-order valence-electron chi connectivity index (χ4n) is 3.24. The quantitative estimate of drug-likeness (QED) is 0.754. The molecule has 0 radical (unpaired) electrons. The minimum absolute atomic E-state index is 0.125. The Morgan fingerprint density at radius 3 is 2.64 bits per heavy atom. The molecule has 0 saturated carbocycles. The molecule has 0 fully saturated rings. The lowest BCUT2D eigenvalue weighted by Gasteiger charge is -2.38. The number of anilines is 1. The van der Waals surface area contributed by atoms with E-state index in [9.17, 15) is 9.90 Å². The Labute approximate surface area is 150 Å². The van der Waals surface area contributed by atoms with Gasteiger partial charge in [0, 0.05) is 24.8 Å². The highest BCUT2D eigenvalue weighted by Crippen LogP contribution is 2.37. The summed E-state index contributed by atoms with van der Waals surface area (Å²) in [5.41, 5.74) is 0.730. The van der Waals surface area contributed by atoms with Gasteiger partial charge in [0.05, 0.1) is 0 Å². The van der Waals surface area contributed by atoms with E-state index in [1.807, 2.05) is 43.3 Å². The van der Waals surface area contributed by atoms with E-state index in [1.54, 1.807) is 0 Å². The van der Waals surface area contributed by atoms with Gasteiger partial charge >= 0.3 is 0 Å². The van der Waals surface area contributed by atoms with Crippen molar-refractivity contribution < 1.29 is 19.4 Å². The Morgan fingerprint density at radius 1 is 1.32 bits per heavy atom. The minimum Gasteiger partial charge on any atom is -0.459 e. The fraction of sp³-hybridized carbons (Fsp3) is 0.550. The Morgan fingerprint density at radius 2 is 2.04 bits per heavy atom. The average molecular weight is 347 g/mol. The number of rotatable bonds is 8. The van der Waals surface area contributed by atoms with E-state index in [0.29, 0.717) is 24.7 Å². The molecule has 0 aliphatic carbocycles. The van der Waals surface area contributed by atoms with E-state index >= 15 is 0 Å². The van der Waals surface area contributed by atoms with Crippen molar-refractivity contribution in [1.82, 2.24) is 0 Å². The van der Waals surface area contributed by atoms with Gasteiger partial charge in [-0.15, -0.1) is 0 Å². The Hall–Kier alpha value is -1.85. The van der Waals surface area contributed by atoms with Crippen LogP contribution in [0.3, 0.4) is 0 Å². The molecule has 2 rings (SSSR count). The summed E-state index contributed by atoms with van der Waals surface area (Å²) in [6.45, 7) is 6.84. The number of allylic oxidation sites excluding steroid dienone is 1. The monoisotopic (exact) mass is 347 g/mol. The second kappa shape index (κ2) is 9.59. The van der Waals surface area contributed by atoms with Crippen LogP contribution in [0.5, 0.6) is 0 Å². The number of aliphatic hydroxyl groups is 1. The van der Waals surface area contributed by atoms with E-state index < -0.39 is 6.29 Å². The lowest BCUT2D eigenvalue weighted by Crippen LogP contribution is -2.40. The standard InChI is InChI=1S/C20H29NO4/c1-4-24-20-16(11-8-12-22)17(14(2)3)13-18(25-20)19(23)21-15-9-6-5-7-10-15/h5-7,9-10,13-14,16-17,20,22H,4,8,11-12H2,1-3H3,(H,21,23)/t16-,17-,20-/m0/s1. The molecule has 1 aromatic carbocycles. The average Bonchev–Trinajstić information content (AvgIpc) is 2.61. The topological polar surface area (TPSA) is 67.8 Å². The summed E-state index contributed by atoms with van der Waals surface area (Å²) in [5.74, 6) is 0.673. The van der Waals surface area contributed by atoms with E-state index in [2.05, 4.69) is 19.2 Å². The first-order valence-corrected chi connectivity index (χ1v) is 9.04. The lowest BCUT2D eigenvalue weighted by atomic mass is 9.78. The maximum absolute atomic E-state index is 12.6. The lowest BCUT2D eigenvalue weighted by molar-refractivity contribution is -0.173. The zero-order chi connectivity index (χ0) is 18.2. The third-order valence-corrected chi connectivity index (χ3v) is 4.48. The Balaban J connectivity index is 2.20. The van der Waals surface area contributed by atoms with Crippen LogP contribution < -0.4 is 5.32 Å². The van der Waals surface area contributed by atoms with Gasteiger partial charge in [-0.3, -0.25) is 4.79 Å². The van der Waals surface area contributed by atoms with Gasteiger partial charge in [-0.1, -0.05) is 32.0 Å². The SMILES string of the molecule is CCO[C@H]1OC(C(=O)Nc2ccccc2)=C[C@@H](C(C)C)[C@@H]1CCCO. The van der Waals surface area contributed by atoms with E-state index in [-0.39, 0.29) is 24.3 Å². The molecule has 0 aromatic heterocycles. The first-order chi connectivity index (χ1) is 12.1. The van der Waals surface area contributed by atoms with Crippen molar-refractivity contribution in [2.75, 3.05) is 18.5 Å². The highest BCUT2D eigenvalue weighted by atomic mass is 16.7. The summed E-state index contributed by atoms with van der Waals surface area (Å²) in [4.78, 5) is 12.6. The second-order valence-electron chi connectivity index (χ2n) is 6.64. The van der Waals surface area contributed by atoms with Crippen LogP contribution in [0.25, 0.3) is 0 Å². The summed E-state index contributed by atoms with van der Waals surface area (Å²) in [6.07, 6.45) is 2.94. The number of amides is 1. The highest BCUT2D eigenvalue weighted by molar-refractivity contribution is 6.02. The zero-order valence-electron chi connectivity index (χ0n) is 15.3. The van der Waals surface area contributed by atoms with Crippen molar-refractivity contribution >= 4 is 11.6 Å². The summed E-state index contributed by atoms with van der Waals surface area (Å²) in [7, 11) is 0. The number of carbonyl (C=O) groups is 1. The molecule has 1 aromatic rings. The molecule has 1 aliphatic heterocycles. The van der Waals surface area contributed by atoms with Gasteiger partial charge in [-0.05, 0) is 49.8 Å². The van der Waals surface area contributed by atoms with Crippen LogP contribution in [-0.2, 0) is 14.3 Å². The fourth-order valence-corrected chi connectivity index (χ4v) is 3.24. The van der Waals surface area contributed by atoms with Crippen molar-refractivity contribution in [3.05, 3.63) is 42.2 Å². The van der Waals surface area contributed by atoms with Gasteiger partial charge in [-0.25, -0.2) is 0 Å². The molecule has 5 nitrogen and oxygen atoms in total. The number of para-hydroxylation sites is 1. The summed E-state index contributed by atoms with van der Waals surface area (Å²) < 4.78 is 11.7. The third kappa shape index (κ3) is 5.31. The summed E-state index contributed by atoms with van der Waals surface area (Å²) >= 11 is 0. The van der Waals surface area contributed by atoms with Crippen LogP contribution in [0.2, 0.25) is 0 Å². The molecule has 5 heteroatoms. The molecule has 0 spiro atoms. The van der Waals surface area contributed by atoms with Crippen molar-refractivity contribution in [3.8, 4) is 0 Å². The van der Waals surface area contributed by atoms with Crippen molar-refractivity contribution in [3.63, 3.8) is 0 Å². The molecule has 25 heavy (non-hydrogen) atoms. The van der Waals surface area contributed by atoms with Crippen LogP contribution in [0.1, 0.15) is 33.6 Å². The Kier molecular flexibility index (Phi) is 7.47. The van der Waals surface area contributed by atoms with Crippen LogP contribution in [0.4, 0.5) is 5.69 Å². The first kappa shape index (κ1) is 19.5. The number of hydrogen-bond donors (Lipinski definition) is 2. The number of aliphatic hydroxyl groups excluding tert-OH is 1. The molecular weight excluding hydrogens is 318 g/mol. The molecule has 1 aliphatic rings. The predicted molar refractivity (Wildman–Crippen MR) is 97.8 cm³/mol. The summed E-state index contributed by atoms with van der Waals surface area (Å²) in [5, 5.41) is 12.0. The second-order valence-corrected chi connectivity index (χ2v) is 6.64. The molecule has 0 saturated heterocycles. The first-order valence-electron chi connectivity index (χ1n) is 9.04. The Bertz CT molecular complexity index is 570. The largest absolute Gasteiger partial charge is 0.459 e. The van der Waals surface area contributed by atoms with E-state index in [0.717, 1.165) is 12.1 Å². The number of nitrogens with one attached hydrogen (secondary N) is 1. The third-order valence-electron chi connectivity index (χ3n) is 4.48. The molecule has 3 atom stereocenters. The van der Waals surface area contributed by atoms with Gasteiger partial charge < -0.3 is 19.9 Å². The number of carbonyl (C=O) groups excluding carboxylic acids is 1. The van der Waals surface area contributed by atoms with E-state index in [4.69, 9.17) is 9.47 Å². The predicted octanol–water partition coefficient (Wildman–Crippen LogP) is 3.56. The normalized spacial score (nSPS) is 23.1. The van der Waals surface area contributed by atoms with Crippen LogP contribution in [0.15, 0.2) is 42.2 Å². The van der Waals surface area contributed by atoms with Crippen LogP contribution in [-0.4, -0.2) is 30.5 Å². The van der Waals surface area contributed by atoms with Crippen LogP contribution in [0, 0.1) is 17.8 Å². The van der Waals surface area contributed by atoms with Crippen molar-refractivity contribution in [2.24, 2.45) is 17.8 Å². The molecule has 0 bridgehead atoms. The zero-order valence-corrected chi connectivity index (χ0v) is 15.3. The van der Waals surface area contributed by atoms with Crippen LogP contribution >= 0.6 is 0 Å². The van der Waals surface area contributed by atoms with Gasteiger partial charge in [0.2, 0.25) is 6.29 Å². The molecule has 1 heterocycles. The number of benzene rings is 1.